The summed E-state index contributed by atoms with van der Waals surface area (Å²) < 4.78 is 4.23. The maximum Gasteiger partial charge on any atom is 0.374 e. The van der Waals surface area contributed by atoms with Crippen molar-refractivity contribution < 1.29 is 19.4 Å². The third-order valence-electron chi connectivity index (χ3n) is 0.514. The van der Waals surface area contributed by atoms with Crippen LogP contribution in [0, 0.1) is 0 Å². The molecular formula is C4H6O4. The molecule has 0 aromatic rings. The molecule has 0 aliphatic rings. The maximum atomic E-state index is 10.0. The van der Waals surface area contributed by atoms with Crippen molar-refractivity contribution in [1.29, 1.82) is 0 Å². The first kappa shape index (κ1) is 7.10. The standard InChI is InChI=1S/C4H6O4/c1-8-2-3(5)4(6)7/h2H2,1H3,(H,6,7). The summed E-state index contributed by atoms with van der Waals surface area (Å²) in [6, 6.07) is 0. The van der Waals surface area contributed by atoms with Gasteiger partial charge in [-0.1, -0.05) is 0 Å². The van der Waals surface area contributed by atoms with E-state index in [1.807, 2.05) is 0 Å². The van der Waals surface area contributed by atoms with Gasteiger partial charge in [-0.2, -0.15) is 0 Å². The van der Waals surface area contributed by atoms with Gasteiger partial charge in [-0.15, -0.1) is 0 Å². The van der Waals surface area contributed by atoms with Crippen LogP contribution in [0.2, 0.25) is 0 Å². The zero-order chi connectivity index (χ0) is 6.57. The molecule has 0 aromatic carbocycles. The number of ketones is 1. The Labute approximate surface area is 46.1 Å². The van der Waals surface area contributed by atoms with Gasteiger partial charge >= 0.3 is 5.97 Å². The SMILES string of the molecule is COCC(=O)C(=O)O. The lowest BCUT2D eigenvalue weighted by Crippen LogP contribution is -2.17. The van der Waals surface area contributed by atoms with Crippen molar-refractivity contribution in [3.63, 3.8) is 0 Å². The molecule has 0 saturated carbocycles. The highest BCUT2D eigenvalue weighted by Gasteiger charge is 2.08. The number of rotatable bonds is 3. The van der Waals surface area contributed by atoms with Gasteiger partial charge in [0.1, 0.15) is 6.61 Å². The molecule has 0 bridgehead atoms. The van der Waals surface area contributed by atoms with E-state index in [2.05, 4.69) is 4.74 Å². The van der Waals surface area contributed by atoms with Crippen LogP contribution in [0.25, 0.3) is 0 Å². The summed E-state index contributed by atoms with van der Waals surface area (Å²) in [6.07, 6.45) is 0. The lowest BCUT2D eigenvalue weighted by molar-refractivity contribution is -0.150. The van der Waals surface area contributed by atoms with Crippen molar-refractivity contribution in [3.05, 3.63) is 0 Å². The van der Waals surface area contributed by atoms with Crippen LogP contribution in [-0.4, -0.2) is 30.6 Å². The largest absolute Gasteiger partial charge is 0.475 e. The molecule has 1 N–H and O–H groups in total. The molecule has 0 rings (SSSR count). The first-order chi connectivity index (χ1) is 3.68. The van der Waals surface area contributed by atoms with E-state index < -0.39 is 11.8 Å². The zero-order valence-electron chi connectivity index (χ0n) is 4.38. The normalized spacial score (nSPS) is 8.62. The van der Waals surface area contributed by atoms with Crippen molar-refractivity contribution in [1.82, 2.24) is 0 Å². The van der Waals surface area contributed by atoms with Crippen molar-refractivity contribution in [3.8, 4) is 0 Å². The van der Waals surface area contributed by atoms with Gasteiger partial charge in [0.15, 0.2) is 0 Å². The highest BCUT2D eigenvalue weighted by atomic mass is 16.5. The first-order valence-electron chi connectivity index (χ1n) is 1.93. The van der Waals surface area contributed by atoms with E-state index in [0.29, 0.717) is 0 Å². The fourth-order valence-electron chi connectivity index (χ4n) is 0.193. The Hall–Kier alpha value is -0.900. The van der Waals surface area contributed by atoms with Crippen LogP contribution in [0.4, 0.5) is 0 Å². The number of Topliss-reactive ketones (excluding diaryl/α,β-unsaturated/α-hetero) is 1. The Balaban J connectivity index is 3.49. The topological polar surface area (TPSA) is 63.6 Å². The van der Waals surface area contributed by atoms with Crippen LogP contribution in [0.15, 0.2) is 0 Å². The van der Waals surface area contributed by atoms with Crippen LogP contribution in [-0.2, 0) is 14.3 Å². The second-order valence-corrected chi connectivity index (χ2v) is 1.16. The predicted octanol–water partition coefficient (Wildman–Crippen LogP) is -0.714. The number of carboxylic acids is 1. The molecule has 0 saturated heterocycles. The number of methoxy groups -OCH3 is 1. The average molecular weight is 118 g/mol. The quantitative estimate of drug-likeness (QED) is 0.497. The number of hydrogen-bond donors (Lipinski definition) is 1. The van der Waals surface area contributed by atoms with Gasteiger partial charge in [0.05, 0.1) is 0 Å². The minimum absolute atomic E-state index is 0.352. The second kappa shape index (κ2) is 3.15. The molecule has 0 aromatic heterocycles. The zero-order valence-corrected chi connectivity index (χ0v) is 4.38. The monoisotopic (exact) mass is 118 g/mol. The number of hydrogen-bond acceptors (Lipinski definition) is 3. The molecule has 0 atom stereocenters. The van der Waals surface area contributed by atoms with E-state index in [4.69, 9.17) is 5.11 Å². The Morgan fingerprint density at radius 1 is 1.62 bits per heavy atom. The molecule has 0 aliphatic heterocycles. The molecule has 46 valence electrons. The Morgan fingerprint density at radius 2 is 2.12 bits per heavy atom. The molecule has 8 heavy (non-hydrogen) atoms. The summed E-state index contributed by atoms with van der Waals surface area (Å²) in [4.78, 5) is 19.7. The molecule has 0 spiro atoms. The second-order valence-electron chi connectivity index (χ2n) is 1.16. The van der Waals surface area contributed by atoms with Crippen LogP contribution < -0.4 is 0 Å². The van der Waals surface area contributed by atoms with Crippen molar-refractivity contribution in [2.75, 3.05) is 13.7 Å². The minimum Gasteiger partial charge on any atom is -0.475 e. The van der Waals surface area contributed by atoms with E-state index in [1.165, 1.54) is 7.11 Å². The maximum absolute atomic E-state index is 10.0. The van der Waals surface area contributed by atoms with Crippen molar-refractivity contribution >= 4 is 11.8 Å². The smallest absolute Gasteiger partial charge is 0.374 e. The molecule has 0 unspecified atom stereocenters. The highest BCUT2D eigenvalue weighted by Crippen LogP contribution is 1.71. The summed E-state index contributed by atoms with van der Waals surface area (Å²) in [7, 11) is 1.26. The number of ether oxygens (including phenoxy) is 1. The Morgan fingerprint density at radius 3 is 2.25 bits per heavy atom. The summed E-state index contributed by atoms with van der Waals surface area (Å²) in [5.74, 6) is -2.38. The third-order valence-corrected chi connectivity index (χ3v) is 0.514. The molecule has 0 fully saturated rings. The fourth-order valence-corrected chi connectivity index (χ4v) is 0.193. The van der Waals surface area contributed by atoms with E-state index in [1.54, 1.807) is 0 Å². The van der Waals surface area contributed by atoms with Gasteiger partial charge in [0, 0.05) is 7.11 Å². The number of carboxylic acid groups (broad SMARTS) is 1. The van der Waals surface area contributed by atoms with E-state index in [0.717, 1.165) is 0 Å². The average Bonchev–Trinajstić information content (AvgIpc) is 1.67. The summed E-state index contributed by atoms with van der Waals surface area (Å²) >= 11 is 0. The van der Waals surface area contributed by atoms with E-state index in [-0.39, 0.29) is 6.61 Å². The number of carbonyl (C=O) groups is 2. The van der Waals surface area contributed by atoms with Gasteiger partial charge in [-0.25, -0.2) is 4.79 Å². The fraction of sp³-hybridized carbons (Fsp3) is 0.500. The minimum atomic E-state index is -1.45. The first-order valence-corrected chi connectivity index (χ1v) is 1.93. The Bertz CT molecular complexity index is 107. The number of carbonyl (C=O) groups excluding carboxylic acids is 1. The van der Waals surface area contributed by atoms with E-state index in [9.17, 15) is 9.59 Å². The molecule has 0 amide bonds. The van der Waals surface area contributed by atoms with Gasteiger partial charge < -0.3 is 9.84 Å². The lowest BCUT2D eigenvalue weighted by Gasteiger charge is -1.88. The van der Waals surface area contributed by atoms with Crippen LogP contribution >= 0.6 is 0 Å². The van der Waals surface area contributed by atoms with Crippen LogP contribution in [0.5, 0.6) is 0 Å². The Kier molecular flexibility index (Phi) is 2.79. The molecular weight excluding hydrogens is 112 g/mol. The molecule has 0 radical (unpaired) electrons. The third kappa shape index (κ3) is 2.30. The molecule has 0 heterocycles. The van der Waals surface area contributed by atoms with Gasteiger partial charge in [-0.3, -0.25) is 4.79 Å². The summed E-state index contributed by atoms with van der Waals surface area (Å²) in [5, 5.41) is 7.88. The summed E-state index contributed by atoms with van der Waals surface area (Å²) in [6.45, 7) is -0.352. The predicted molar refractivity (Wildman–Crippen MR) is 24.5 cm³/mol. The lowest BCUT2D eigenvalue weighted by atomic mass is 10.4. The van der Waals surface area contributed by atoms with Gasteiger partial charge in [0.2, 0.25) is 0 Å². The van der Waals surface area contributed by atoms with Gasteiger partial charge in [-0.05, 0) is 0 Å². The van der Waals surface area contributed by atoms with Crippen molar-refractivity contribution in [2.24, 2.45) is 0 Å². The molecule has 4 nitrogen and oxygen atoms in total. The summed E-state index contributed by atoms with van der Waals surface area (Å²) in [5.41, 5.74) is 0. The van der Waals surface area contributed by atoms with Crippen LogP contribution in [0.1, 0.15) is 0 Å². The van der Waals surface area contributed by atoms with Crippen LogP contribution in [0.3, 0.4) is 0 Å². The highest BCUT2D eigenvalue weighted by molar-refractivity contribution is 6.33. The van der Waals surface area contributed by atoms with Gasteiger partial charge in [0.25, 0.3) is 5.78 Å². The number of aliphatic carboxylic acids is 1. The molecule has 4 heteroatoms. The van der Waals surface area contributed by atoms with E-state index >= 15 is 0 Å². The molecule has 0 aliphatic carbocycles. The van der Waals surface area contributed by atoms with Crippen molar-refractivity contribution in [2.45, 2.75) is 0 Å².